The summed E-state index contributed by atoms with van der Waals surface area (Å²) in [4.78, 5) is 16.7. The first-order chi connectivity index (χ1) is 15.8. The largest absolute Gasteiger partial charge is 0.493 e. The van der Waals surface area contributed by atoms with Crippen molar-refractivity contribution >= 4 is 5.91 Å². The summed E-state index contributed by atoms with van der Waals surface area (Å²) in [7, 11) is 0. The molecule has 1 amide bonds. The average Bonchev–Trinajstić information content (AvgIpc) is 2.80. The second-order valence-electron chi connectivity index (χ2n) is 7.88. The lowest BCUT2D eigenvalue weighted by molar-refractivity contribution is -0.141. The summed E-state index contributed by atoms with van der Waals surface area (Å²) in [6.45, 7) is 0.681. The van der Waals surface area contributed by atoms with Crippen molar-refractivity contribution < 1.29 is 27.8 Å². The van der Waals surface area contributed by atoms with Gasteiger partial charge in [0, 0.05) is 24.7 Å². The van der Waals surface area contributed by atoms with E-state index in [1.54, 1.807) is 12.1 Å². The smallest absolute Gasteiger partial charge is 0.433 e. The first-order valence-electron chi connectivity index (χ1n) is 10.6. The van der Waals surface area contributed by atoms with E-state index in [1.807, 2.05) is 36.4 Å². The first-order valence-corrected chi connectivity index (χ1v) is 10.6. The van der Waals surface area contributed by atoms with Gasteiger partial charge < -0.3 is 15.2 Å². The predicted octanol–water partition coefficient (Wildman–Crippen LogP) is 4.41. The molecular formula is C25H23F3N2O3. The summed E-state index contributed by atoms with van der Waals surface area (Å²) in [5.41, 5.74) is 1.81. The number of hydrogen-bond acceptors (Lipinski definition) is 4. The number of halogens is 3. The molecule has 33 heavy (non-hydrogen) atoms. The molecule has 0 saturated heterocycles. The zero-order valence-corrected chi connectivity index (χ0v) is 17.7. The molecule has 0 fully saturated rings. The van der Waals surface area contributed by atoms with Crippen LogP contribution < -0.4 is 10.1 Å². The number of rotatable bonds is 6. The Labute approximate surface area is 189 Å². The predicted molar refractivity (Wildman–Crippen MR) is 116 cm³/mol. The molecular weight excluding hydrogens is 433 g/mol. The molecule has 2 atom stereocenters. The molecule has 4 rings (SSSR count). The zero-order chi connectivity index (χ0) is 23.4. The Bertz CT molecular complexity index is 1100. The summed E-state index contributed by atoms with van der Waals surface area (Å²) in [5.74, 6) is -0.247. The van der Waals surface area contributed by atoms with Gasteiger partial charge in [-0.1, -0.05) is 42.5 Å². The van der Waals surface area contributed by atoms with Crippen molar-refractivity contribution in [3.63, 3.8) is 0 Å². The van der Waals surface area contributed by atoms with E-state index in [0.29, 0.717) is 36.3 Å². The van der Waals surface area contributed by atoms with Crippen LogP contribution in [-0.4, -0.2) is 29.1 Å². The van der Waals surface area contributed by atoms with Crippen LogP contribution in [0.5, 0.6) is 5.75 Å². The summed E-state index contributed by atoms with van der Waals surface area (Å²) in [5, 5.41) is 13.2. The number of carbonyl (C=O) groups is 1. The molecule has 1 aliphatic rings. The highest BCUT2D eigenvalue weighted by atomic mass is 19.4. The summed E-state index contributed by atoms with van der Waals surface area (Å²) in [6, 6.07) is 17.0. The van der Waals surface area contributed by atoms with Gasteiger partial charge >= 0.3 is 6.18 Å². The van der Waals surface area contributed by atoms with Gasteiger partial charge in [-0.2, -0.15) is 13.2 Å². The SMILES string of the molecule is O=C(NCCc1ccc(C(F)(F)F)nc1)C(c1ccccc1)c1ccc2c(c1)[C@@H](O)CCO2. The van der Waals surface area contributed by atoms with Crippen LogP contribution in [0.3, 0.4) is 0 Å². The Morgan fingerprint density at radius 3 is 2.61 bits per heavy atom. The Kier molecular flexibility index (Phi) is 6.65. The third kappa shape index (κ3) is 5.34. The monoisotopic (exact) mass is 456 g/mol. The Morgan fingerprint density at radius 2 is 1.91 bits per heavy atom. The maximum Gasteiger partial charge on any atom is 0.433 e. The van der Waals surface area contributed by atoms with Crippen LogP contribution in [0.25, 0.3) is 0 Å². The lowest BCUT2D eigenvalue weighted by Crippen LogP contribution is -2.32. The Balaban J connectivity index is 1.50. The molecule has 1 unspecified atom stereocenters. The van der Waals surface area contributed by atoms with Crippen molar-refractivity contribution in [2.45, 2.75) is 31.0 Å². The molecule has 0 spiro atoms. The van der Waals surface area contributed by atoms with Gasteiger partial charge in [0.1, 0.15) is 11.4 Å². The topological polar surface area (TPSA) is 71.5 Å². The molecule has 2 heterocycles. The number of pyridine rings is 1. The van der Waals surface area contributed by atoms with Crippen LogP contribution in [0.2, 0.25) is 0 Å². The van der Waals surface area contributed by atoms with E-state index in [4.69, 9.17) is 4.74 Å². The van der Waals surface area contributed by atoms with Crippen molar-refractivity contribution in [1.29, 1.82) is 0 Å². The minimum atomic E-state index is -4.48. The number of hydrogen-bond donors (Lipinski definition) is 2. The molecule has 172 valence electrons. The second kappa shape index (κ2) is 9.62. The molecule has 1 aromatic heterocycles. The summed E-state index contributed by atoms with van der Waals surface area (Å²) >= 11 is 0. The number of carbonyl (C=O) groups excluding carboxylic acids is 1. The van der Waals surface area contributed by atoms with Gasteiger partial charge in [0.2, 0.25) is 5.91 Å². The van der Waals surface area contributed by atoms with Gasteiger partial charge in [-0.25, -0.2) is 0 Å². The second-order valence-corrected chi connectivity index (χ2v) is 7.88. The van der Waals surface area contributed by atoms with Crippen LogP contribution in [0.15, 0.2) is 66.9 Å². The molecule has 0 radical (unpaired) electrons. The van der Waals surface area contributed by atoms with Crippen LogP contribution in [0.4, 0.5) is 13.2 Å². The maximum absolute atomic E-state index is 13.2. The van der Waals surface area contributed by atoms with Gasteiger partial charge in [-0.15, -0.1) is 0 Å². The summed E-state index contributed by atoms with van der Waals surface area (Å²) < 4.78 is 43.6. The highest BCUT2D eigenvalue weighted by Gasteiger charge is 2.32. The van der Waals surface area contributed by atoms with Gasteiger partial charge in [0.05, 0.1) is 18.6 Å². The number of ether oxygens (including phenoxy) is 1. The van der Waals surface area contributed by atoms with Crippen LogP contribution in [-0.2, 0) is 17.4 Å². The number of amides is 1. The highest BCUT2D eigenvalue weighted by Crippen LogP contribution is 2.36. The van der Waals surface area contributed by atoms with E-state index in [1.165, 1.54) is 12.3 Å². The summed E-state index contributed by atoms with van der Waals surface area (Å²) in [6.07, 6.45) is -3.13. The molecule has 0 saturated carbocycles. The third-order valence-corrected chi connectivity index (χ3v) is 5.60. The first kappa shape index (κ1) is 22.8. The lowest BCUT2D eigenvalue weighted by Gasteiger charge is -2.25. The Morgan fingerprint density at radius 1 is 1.12 bits per heavy atom. The normalized spacial score (nSPS) is 16.4. The number of nitrogens with zero attached hydrogens (tertiary/aromatic N) is 1. The van der Waals surface area contributed by atoms with E-state index in [-0.39, 0.29) is 12.5 Å². The molecule has 0 aliphatic carbocycles. The van der Waals surface area contributed by atoms with E-state index in [2.05, 4.69) is 10.3 Å². The van der Waals surface area contributed by atoms with Gasteiger partial charge in [0.25, 0.3) is 0 Å². The number of alkyl halides is 3. The molecule has 2 aromatic carbocycles. The molecule has 1 aliphatic heterocycles. The zero-order valence-electron chi connectivity index (χ0n) is 17.7. The number of nitrogens with one attached hydrogen (secondary N) is 1. The number of fused-ring (bicyclic) bond motifs is 1. The highest BCUT2D eigenvalue weighted by molar-refractivity contribution is 5.87. The van der Waals surface area contributed by atoms with E-state index < -0.39 is 23.9 Å². The third-order valence-electron chi connectivity index (χ3n) is 5.60. The van der Waals surface area contributed by atoms with Crippen molar-refractivity contribution in [2.24, 2.45) is 0 Å². The maximum atomic E-state index is 13.2. The van der Waals surface area contributed by atoms with Gasteiger partial charge in [0.15, 0.2) is 0 Å². The van der Waals surface area contributed by atoms with Crippen molar-refractivity contribution in [3.8, 4) is 5.75 Å². The van der Waals surface area contributed by atoms with Crippen LogP contribution in [0.1, 0.15) is 46.4 Å². The molecule has 8 heteroatoms. The minimum Gasteiger partial charge on any atom is -0.493 e. The van der Waals surface area contributed by atoms with E-state index in [9.17, 15) is 23.1 Å². The standard InChI is InChI=1S/C25H23F3N2O3/c26-25(27,28)22-9-6-16(15-30-22)10-12-29-24(32)23(17-4-2-1-3-5-17)18-7-8-21-19(14-18)20(31)11-13-33-21/h1-9,14-15,20,23,31H,10-13H2,(H,29,32)/t20-,23?/m0/s1. The quantitative estimate of drug-likeness (QED) is 0.577. The molecule has 0 bridgehead atoms. The van der Waals surface area contributed by atoms with Gasteiger partial charge in [-0.3, -0.25) is 9.78 Å². The van der Waals surface area contributed by atoms with Crippen molar-refractivity contribution in [2.75, 3.05) is 13.2 Å². The minimum absolute atomic E-state index is 0.242. The fourth-order valence-electron chi connectivity index (χ4n) is 3.89. The van der Waals surface area contributed by atoms with Crippen LogP contribution >= 0.6 is 0 Å². The Hall–Kier alpha value is -3.39. The molecule has 2 N–H and O–H groups in total. The average molecular weight is 456 g/mol. The van der Waals surface area contributed by atoms with Gasteiger partial charge in [-0.05, 0) is 41.3 Å². The number of aliphatic hydroxyl groups is 1. The number of aliphatic hydroxyl groups excluding tert-OH is 1. The number of aromatic nitrogens is 1. The van der Waals surface area contributed by atoms with E-state index >= 15 is 0 Å². The van der Waals surface area contributed by atoms with Crippen molar-refractivity contribution in [3.05, 3.63) is 94.8 Å². The van der Waals surface area contributed by atoms with E-state index in [0.717, 1.165) is 17.2 Å². The lowest BCUT2D eigenvalue weighted by atomic mass is 9.88. The van der Waals surface area contributed by atoms with Crippen LogP contribution in [0, 0.1) is 0 Å². The fourth-order valence-corrected chi connectivity index (χ4v) is 3.89. The molecule has 3 aromatic rings. The molecule has 5 nitrogen and oxygen atoms in total. The van der Waals surface area contributed by atoms with Crippen molar-refractivity contribution in [1.82, 2.24) is 10.3 Å². The fraction of sp³-hybridized carbons (Fsp3) is 0.280. The number of benzene rings is 2.